The van der Waals surface area contributed by atoms with E-state index in [1.807, 2.05) is 49.4 Å². The van der Waals surface area contributed by atoms with Crippen LogP contribution in [0.1, 0.15) is 30.1 Å². The molecule has 2 aromatic carbocycles. The van der Waals surface area contributed by atoms with Gasteiger partial charge in [0.25, 0.3) is 5.91 Å². The Morgan fingerprint density at radius 1 is 1.07 bits per heavy atom. The smallest absolute Gasteiger partial charge is 0.260 e. The molecule has 0 aliphatic carbocycles. The van der Waals surface area contributed by atoms with Crippen molar-refractivity contribution < 1.29 is 18.8 Å². The number of amides is 1. The van der Waals surface area contributed by atoms with Crippen LogP contribution in [0.15, 0.2) is 59.1 Å². The highest BCUT2D eigenvalue weighted by molar-refractivity contribution is 5.78. The first-order chi connectivity index (χ1) is 14.2. The van der Waals surface area contributed by atoms with Gasteiger partial charge < -0.3 is 18.9 Å². The summed E-state index contributed by atoms with van der Waals surface area (Å²) >= 11 is 0. The van der Waals surface area contributed by atoms with E-state index in [4.69, 9.17) is 14.0 Å². The number of ether oxygens (including phenoxy) is 2. The van der Waals surface area contributed by atoms with Crippen molar-refractivity contribution >= 4 is 5.91 Å². The lowest BCUT2D eigenvalue weighted by Gasteiger charge is -2.36. The minimum Gasteiger partial charge on any atom is -0.494 e. The summed E-state index contributed by atoms with van der Waals surface area (Å²) in [5, 5.41) is 4.06. The molecule has 2 heterocycles. The lowest BCUT2D eigenvalue weighted by Crippen LogP contribution is -2.50. The fourth-order valence-corrected chi connectivity index (χ4v) is 3.16. The van der Waals surface area contributed by atoms with Gasteiger partial charge in [0, 0.05) is 19.5 Å². The maximum atomic E-state index is 12.3. The van der Waals surface area contributed by atoms with Crippen molar-refractivity contribution in [1.82, 2.24) is 15.0 Å². The second-order valence-electron chi connectivity index (χ2n) is 6.90. The van der Waals surface area contributed by atoms with Crippen molar-refractivity contribution in [2.45, 2.75) is 19.3 Å². The van der Waals surface area contributed by atoms with Crippen LogP contribution in [-0.2, 0) is 11.2 Å². The number of carbonyl (C=O) groups excluding carboxylic acids is 1. The molecule has 4 rings (SSSR count). The largest absolute Gasteiger partial charge is 0.494 e. The minimum absolute atomic E-state index is 0.00376. The van der Waals surface area contributed by atoms with E-state index >= 15 is 0 Å². The third kappa shape index (κ3) is 4.74. The lowest BCUT2D eigenvalue weighted by atomic mass is 10.0. The molecule has 7 nitrogen and oxygen atoms in total. The van der Waals surface area contributed by atoms with E-state index in [1.165, 1.54) is 0 Å². The predicted octanol–water partition coefficient (Wildman–Crippen LogP) is 3.06. The average molecular weight is 393 g/mol. The summed E-state index contributed by atoms with van der Waals surface area (Å²) < 4.78 is 16.3. The molecule has 150 valence electrons. The first-order valence-corrected chi connectivity index (χ1v) is 9.71. The van der Waals surface area contributed by atoms with Gasteiger partial charge in [-0.15, -0.1) is 0 Å². The van der Waals surface area contributed by atoms with Crippen LogP contribution in [0.25, 0.3) is 0 Å². The van der Waals surface area contributed by atoms with Crippen LogP contribution in [-0.4, -0.2) is 47.3 Å². The van der Waals surface area contributed by atoms with Crippen LogP contribution in [0.3, 0.4) is 0 Å². The van der Waals surface area contributed by atoms with Gasteiger partial charge in [-0.25, -0.2) is 0 Å². The Kier molecular flexibility index (Phi) is 5.74. The molecular formula is C22H23N3O4. The van der Waals surface area contributed by atoms with E-state index in [2.05, 4.69) is 10.1 Å². The van der Waals surface area contributed by atoms with E-state index in [0.717, 1.165) is 11.3 Å². The molecule has 1 aliphatic rings. The number of hydrogen-bond donors (Lipinski definition) is 0. The molecule has 0 atom stereocenters. The zero-order valence-corrected chi connectivity index (χ0v) is 16.3. The number of likely N-dealkylation sites (tertiary alicyclic amines) is 1. The van der Waals surface area contributed by atoms with Crippen molar-refractivity contribution in [2.75, 3.05) is 26.3 Å². The standard InChI is InChI=1S/C22H23N3O4/c1-2-27-18-8-10-19(11-9-18)28-15-21(26)25-13-17(14-25)22-23-20(24-29-22)12-16-6-4-3-5-7-16/h3-11,17H,2,12-15H2,1H3. The van der Waals surface area contributed by atoms with Gasteiger partial charge in [-0.2, -0.15) is 4.98 Å². The van der Waals surface area contributed by atoms with Gasteiger partial charge in [0.05, 0.1) is 12.5 Å². The number of nitrogens with zero attached hydrogens (tertiary/aromatic N) is 3. The zero-order chi connectivity index (χ0) is 20.1. The van der Waals surface area contributed by atoms with Crippen molar-refractivity contribution in [2.24, 2.45) is 0 Å². The molecule has 1 aromatic heterocycles. The van der Waals surface area contributed by atoms with Crippen LogP contribution in [0.4, 0.5) is 0 Å². The molecule has 29 heavy (non-hydrogen) atoms. The van der Waals surface area contributed by atoms with Crippen LogP contribution in [0, 0.1) is 0 Å². The number of aromatic nitrogens is 2. The Labute approximate surface area is 169 Å². The molecule has 0 N–H and O–H groups in total. The second-order valence-corrected chi connectivity index (χ2v) is 6.90. The Balaban J connectivity index is 1.23. The van der Waals surface area contributed by atoms with Gasteiger partial charge in [-0.3, -0.25) is 4.79 Å². The van der Waals surface area contributed by atoms with Crippen molar-refractivity contribution in [3.8, 4) is 11.5 Å². The minimum atomic E-state index is -0.0563. The summed E-state index contributed by atoms with van der Waals surface area (Å²) in [6.45, 7) is 3.69. The molecule has 0 spiro atoms. The van der Waals surface area contributed by atoms with Gasteiger partial charge in [-0.1, -0.05) is 35.5 Å². The van der Waals surface area contributed by atoms with E-state index in [-0.39, 0.29) is 18.4 Å². The first-order valence-electron chi connectivity index (χ1n) is 9.71. The first kappa shape index (κ1) is 19.0. The SMILES string of the molecule is CCOc1ccc(OCC(=O)N2CC(c3nc(Cc4ccccc4)no3)C2)cc1. The maximum absolute atomic E-state index is 12.3. The molecular weight excluding hydrogens is 370 g/mol. The van der Waals surface area contributed by atoms with Gasteiger partial charge >= 0.3 is 0 Å². The lowest BCUT2D eigenvalue weighted by molar-refractivity contribution is -0.138. The summed E-state index contributed by atoms with van der Waals surface area (Å²) in [5.41, 5.74) is 1.14. The molecule has 0 bridgehead atoms. The number of carbonyl (C=O) groups is 1. The Morgan fingerprint density at radius 3 is 2.45 bits per heavy atom. The van der Waals surface area contributed by atoms with Gasteiger partial charge in [0.1, 0.15) is 11.5 Å². The van der Waals surface area contributed by atoms with Crippen molar-refractivity contribution in [3.05, 3.63) is 71.9 Å². The summed E-state index contributed by atoms with van der Waals surface area (Å²) in [6, 6.07) is 17.3. The third-order valence-electron chi connectivity index (χ3n) is 4.77. The third-order valence-corrected chi connectivity index (χ3v) is 4.77. The highest BCUT2D eigenvalue weighted by Gasteiger charge is 2.35. The number of hydrogen-bond acceptors (Lipinski definition) is 6. The summed E-state index contributed by atoms with van der Waals surface area (Å²) in [4.78, 5) is 18.5. The van der Waals surface area contributed by atoms with E-state index < -0.39 is 0 Å². The number of rotatable bonds is 8. The van der Waals surface area contributed by atoms with Gasteiger partial charge in [0.2, 0.25) is 5.89 Å². The Hall–Kier alpha value is -3.35. The van der Waals surface area contributed by atoms with Crippen molar-refractivity contribution in [1.29, 1.82) is 0 Å². The molecule has 0 unspecified atom stereocenters. The summed E-state index contributed by atoms with van der Waals surface area (Å²) in [6.07, 6.45) is 0.635. The van der Waals surface area contributed by atoms with E-state index in [9.17, 15) is 4.79 Å². The molecule has 0 radical (unpaired) electrons. The summed E-state index contributed by atoms with van der Waals surface area (Å²) in [7, 11) is 0. The van der Waals surface area contributed by atoms with Gasteiger partial charge in [-0.05, 0) is 36.8 Å². The second kappa shape index (κ2) is 8.77. The quantitative estimate of drug-likeness (QED) is 0.585. The van der Waals surface area contributed by atoms with E-state index in [0.29, 0.717) is 43.6 Å². The fourth-order valence-electron chi connectivity index (χ4n) is 3.16. The fraction of sp³-hybridized carbons (Fsp3) is 0.318. The van der Waals surface area contributed by atoms with Gasteiger partial charge in [0.15, 0.2) is 12.4 Å². The zero-order valence-electron chi connectivity index (χ0n) is 16.3. The topological polar surface area (TPSA) is 77.7 Å². The highest BCUT2D eigenvalue weighted by Crippen LogP contribution is 2.26. The maximum Gasteiger partial charge on any atom is 0.260 e. The normalized spacial score (nSPS) is 13.8. The molecule has 1 fully saturated rings. The van der Waals surface area contributed by atoms with Crippen LogP contribution in [0.2, 0.25) is 0 Å². The van der Waals surface area contributed by atoms with Crippen LogP contribution < -0.4 is 9.47 Å². The molecule has 1 saturated heterocycles. The molecule has 1 amide bonds. The molecule has 3 aromatic rings. The Morgan fingerprint density at radius 2 is 1.76 bits per heavy atom. The van der Waals surface area contributed by atoms with E-state index in [1.54, 1.807) is 17.0 Å². The van der Waals surface area contributed by atoms with Crippen LogP contribution in [0.5, 0.6) is 11.5 Å². The average Bonchev–Trinajstić information content (AvgIpc) is 3.15. The Bertz CT molecular complexity index is 934. The molecule has 0 saturated carbocycles. The molecule has 1 aliphatic heterocycles. The summed E-state index contributed by atoms with van der Waals surface area (Å²) in [5.74, 6) is 2.70. The van der Waals surface area contributed by atoms with Crippen molar-refractivity contribution in [3.63, 3.8) is 0 Å². The van der Waals surface area contributed by atoms with Crippen LogP contribution >= 0.6 is 0 Å². The monoisotopic (exact) mass is 393 g/mol. The number of benzene rings is 2. The molecule has 7 heteroatoms. The highest BCUT2D eigenvalue weighted by atomic mass is 16.5. The predicted molar refractivity (Wildman–Crippen MR) is 106 cm³/mol.